The lowest BCUT2D eigenvalue weighted by Gasteiger charge is -2.16. The van der Waals surface area contributed by atoms with E-state index in [0.717, 1.165) is 14.2 Å². The number of carbonyl (C=O) groups is 6. The van der Waals surface area contributed by atoms with Crippen LogP contribution in [0.2, 0.25) is 118 Å². The molecule has 0 rings (SSSR count). The lowest BCUT2D eigenvalue weighted by atomic mass is 10.5. The largest absolute Gasteiger partial charge is 0.509 e. The predicted octanol–water partition coefficient (Wildman–Crippen LogP) is 7.57. The Morgan fingerprint density at radius 2 is 0.430 bits per heavy atom. The molecule has 0 fully saturated rings. The van der Waals surface area contributed by atoms with E-state index in [-0.39, 0.29) is 82.1 Å². The SMILES string of the molecule is CCOC(=O)OCCCS(=O)(=O)O[Si](C)(C)C.CCOC(=O)OCCS(=O)(=O)O[Si](C)(C)C.CCOC(=O)OCS(=O)(=O)O[Si](C)(C)C.COC(=O)OCCCS(=O)(=O)O[Si](C)(C)C.COC(=O)OCCS(=O)(=O)O[Si](C)(C)C.COC(=O)OCS(=O)(=O)O[Si](C)(C)C. The van der Waals surface area contributed by atoms with Crippen LogP contribution in [0.15, 0.2) is 0 Å². The number of hydrogen-bond donors (Lipinski definition) is 0. The van der Waals surface area contributed by atoms with Gasteiger partial charge in [0.15, 0.2) is 0 Å². The zero-order valence-corrected chi connectivity index (χ0v) is 68.7. The zero-order valence-electron chi connectivity index (χ0n) is 57.8. The normalized spacial score (nSPS) is 12.3. The first-order valence-corrected chi connectivity index (χ1v) is 57.5. The molecular formula is C45H102O36S6Si6. The number of hydrogen-bond acceptors (Lipinski definition) is 36. The Balaban J connectivity index is -0.000000244. The summed E-state index contributed by atoms with van der Waals surface area (Å²) in [6.07, 6.45) is -5.04. The van der Waals surface area contributed by atoms with Gasteiger partial charge in [-0.2, -0.15) is 16.8 Å². The number of methoxy groups -OCH3 is 3. The monoisotopic (exact) mass is 1580 g/mol. The summed E-state index contributed by atoms with van der Waals surface area (Å²) in [6.45, 7) is 36.5. The third kappa shape index (κ3) is 82.5. The topological polar surface area (TPSA) is 473 Å². The first kappa shape index (κ1) is 100. The number of rotatable bonds is 33. The second kappa shape index (κ2) is 47.4. The molecule has 0 spiro atoms. The van der Waals surface area contributed by atoms with Gasteiger partial charge in [-0.05, 0) is 151 Å². The summed E-state index contributed by atoms with van der Waals surface area (Å²) < 4.78 is 218. The number of ether oxygens (including phenoxy) is 12. The minimum absolute atomic E-state index is 0.000954. The Bertz CT molecular complexity index is 2870. The molecule has 36 nitrogen and oxygen atoms in total. The van der Waals surface area contributed by atoms with Crippen molar-refractivity contribution in [2.45, 2.75) is 151 Å². The minimum Gasteiger partial charge on any atom is -0.438 e. The first-order valence-electron chi connectivity index (χ1n) is 27.6. The Morgan fingerprint density at radius 3 is 0.667 bits per heavy atom. The van der Waals surface area contributed by atoms with Gasteiger partial charge in [0.05, 0.1) is 65.9 Å². The summed E-state index contributed by atoms with van der Waals surface area (Å²) >= 11 is 0. The molecule has 0 aliphatic carbocycles. The third-order valence-corrected chi connectivity index (χ3v) is 28.6. The van der Waals surface area contributed by atoms with Crippen molar-refractivity contribution in [1.82, 2.24) is 0 Å². The molecule has 0 atom stereocenters. The van der Waals surface area contributed by atoms with E-state index in [1.165, 1.54) is 7.11 Å². The van der Waals surface area contributed by atoms with Crippen LogP contribution in [0.3, 0.4) is 0 Å². The maximum Gasteiger partial charge on any atom is 0.509 e. The van der Waals surface area contributed by atoms with Crippen LogP contribution in [0, 0.1) is 0 Å². The fourth-order valence-electron chi connectivity index (χ4n) is 4.63. The summed E-state index contributed by atoms with van der Waals surface area (Å²) in [6, 6.07) is 0. The summed E-state index contributed by atoms with van der Waals surface area (Å²) in [5.74, 6) is -2.65. The van der Waals surface area contributed by atoms with Gasteiger partial charge < -0.3 is 80.1 Å². The van der Waals surface area contributed by atoms with Gasteiger partial charge in [-0.3, -0.25) is 0 Å². The zero-order chi connectivity index (χ0) is 74.8. The molecule has 0 aromatic heterocycles. The van der Waals surface area contributed by atoms with Crippen LogP contribution in [0.4, 0.5) is 28.8 Å². The third-order valence-electron chi connectivity index (χ3n) is 6.81. The molecule has 0 heterocycles. The van der Waals surface area contributed by atoms with Crippen molar-refractivity contribution >= 4 is 148 Å². The second-order valence-electron chi connectivity index (χ2n) is 23.4. The number of carbonyl (C=O) groups excluding carboxylic acids is 6. The standard InChI is InChI=1S/C9H20O6SSi.2C8H18O6SSi.2C7H16O6SSi.C6H14O6SSi/c1-5-13-9(10)14-7-6-8-16(11,12)15-17(2,3)4;1-12-8(9)13-6-5-7-15(10,11)14-16(2,3)4;1-5-12-8(9)13-6-7-15(10,11)14-16(2,3)4;1-11-7(8)12-5-6-14(9,10)13-15(2,3)4;1-5-11-7(8)12-6-14(9,10)13-15(2,3)4;1-10-6(7)11-5-13(8,9)12-14(2,3)4/h5-8H2,1-4H3;2*5-7H2,1-4H3;2*5-6H2,1-4H3;5H2,1-4H3. The van der Waals surface area contributed by atoms with Gasteiger partial charge in [-0.25, -0.2) is 62.4 Å². The lowest BCUT2D eigenvalue weighted by molar-refractivity contribution is 0.0588. The van der Waals surface area contributed by atoms with Crippen LogP contribution in [0.25, 0.3) is 0 Å². The summed E-state index contributed by atoms with van der Waals surface area (Å²) in [4.78, 5) is 63.8. The molecule has 0 bridgehead atoms. The molecule has 558 valence electrons. The Kier molecular flexibility index (Phi) is 51.1. The maximum absolute atomic E-state index is 11.5. The van der Waals surface area contributed by atoms with Gasteiger partial charge in [0, 0.05) is 0 Å². The fraction of sp³-hybridized carbons (Fsp3) is 0.867. The highest BCUT2D eigenvalue weighted by Gasteiger charge is 2.30. The van der Waals surface area contributed by atoms with Gasteiger partial charge >= 0.3 is 36.9 Å². The molecule has 0 aromatic carbocycles. The molecule has 0 aliphatic rings. The van der Waals surface area contributed by atoms with Crippen LogP contribution in [-0.4, -0.2) is 240 Å². The van der Waals surface area contributed by atoms with Crippen LogP contribution >= 0.6 is 0 Å². The summed E-state index contributed by atoms with van der Waals surface area (Å²) in [5, 5.41) is 0. The predicted molar refractivity (Wildman–Crippen MR) is 353 cm³/mol. The molecule has 93 heavy (non-hydrogen) atoms. The average molecular weight is 1580 g/mol. The van der Waals surface area contributed by atoms with E-state index < -0.39 is 159 Å². The maximum atomic E-state index is 11.5. The average Bonchev–Trinajstić information content (AvgIpc) is 1.11. The quantitative estimate of drug-likeness (QED) is 0.0264. The molecular weight excluding hydrogens is 1480 g/mol. The van der Waals surface area contributed by atoms with Gasteiger partial charge in [0.25, 0.3) is 60.7 Å². The smallest absolute Gasteiger partial charge is 0.438 e. The van der Waals surface area contributed by atoms with Crippen molar-refractivity contribution in [3.05, 3.63) is 0 Å². The molecule has 0 aromatic rings. The van der Waals surface area contributed by atoms with E-state index >= 15 is 0 Å². The molecule has 0 unspecified atom stereocenters. The van der Waals surface area contributed by atoms with E-state index in [2.05, 4.69) is 56.8 Å². The Hall–Kier alpha value is -3.62. The minimum atomic E-state index is -3.81. The van der Waals surface area contributed by atoms with Crippen molar-refractivity contribution < 1.29 is 159 Å². The fourth-order valence-corrected chi connectivity index (χ4v) is 26.6. The van der Waals surface area contributed by atoms with Gasteiger partial charge in [-0.15, -0.1) is 0 Å². The highest BCUT2D eigenvalue weighted by molar-refractivity contribution is 7.89. The van der Waals surface area contributed by atoms with Gasteiger partial charge in [0.1, 0.15) is 24.7 Å². The molecule has 0 amide bonds. The van der Waals surface area contributed by atoms with Crippen molar-refractivity contribution in [3.8, 4) is 0 Å². The summed E-state index contributed by atoms with van der Waals surface area (Å²) in [7, 11) is -31.4. The van der Waals surface area contributed by atoms with Crippen molar-refractivity contribution in [1.29, 1.82) is 0 Å². The van der Waals surface area contributed by atoms with E-state index in [1.54, 1.807) is 139 Å². The second-order valence-corrected chi connectivity index (χ2v) is 61.5. The van der Waals surface area contributed by atoms with Crippen molar-refractivity contribution in [3.63, 3.8) is 0 Å². The van der Waals surface area contributed by atoms with Crippen LogP contribution < -0.4 is 0 Å². The van der Waals surface area contributed by atoms with Crippen molar-refractivity contribution in [2.75, 3.05) is 102 Å². The van der Waals surface area contributed by atoms with Gasteiger partial charge in [-0.1, -0.05) is 0 Å². The van der Waals surface area contributed by atoms with Crippen LogP contribution in [-0.2, 0) is 141 Å². The molecule has 0 saturated heterocycles. The molecule has 0 N–H and O–H groups in total. The van der Waals surface area contributed by atoms with Gasteiger partial charge in [0.2, 0.25) is 61.8 Å². The molecule has 0 aliphatic heterocycles. The van der Waals surface area contributed by atoms with Crippen LogP contribution in [0.5, 0.6) is 0 Å². The molecule has 48 heteroatoms. The van der Waals surface area contributed by atoms with E-state index in [9.17, 15) is 79.3 Å². The van der Waals surface area contributed by atoms with Crippen molar-refractivity contribution in [2.24, 2.45) is 0 Å². The first-order chi connectivity index (χ1) is 41.5. The van der Waals surface area contributed by atoms with Crippen LogP contribution in [0.1, 0.15) is 33.6 Å². The molecule has 0 radical (unpaired) electrons. The lowest BCUT2D eigenvalue weighted by Crippen LogP contribution is -2.31. The highest BCUT2D eigenvalue weighted by Crippen LogP contribution is 2.14. The highest BCUT2D eigenvalue weighted by atomic mass is 32.2. The van der Waals surface area contributed by atoms with E-state index in [1.807, 2.05) is 0 Å². The van der Waals surface area contributed by atoms with E-state index in [4.69, 9.17) is 23.2 Å². The molecule has 0 saturated carbocycles. The Morgan fingerprint density at radius 1 is 0.247 bits per heavy atom. The summed E-state index contributed by atoms with van der Waals surface area (Å²) in [5.41, 5.74) is 0. The Labute approximate surface area is 557 Å². The van der Waals surface area contributed by atoms with E-state index in [0.29, 0.717) is 0 Å².